The van der Waals surface area contributed by atoms with Crippen molar-refractivity contribution in [2.24, 2.45) is 5.92 Å². The molecule has 0 aliphatic heterocycles. The lowest BCUT2D eigenvalue weighted by atomic mass is 10.1. The summed E-state index contributed by atoms with van der Waals surface area (Å²) in [6.45, 7) is 5.57. The average Bonchev–Trinajstić information content (AvgIpc) is 2.58. The molecule has 8 nitrogen and oxygen atoms in total. The molecule has 0 fully saturated rings. The van der Waals surface area contributed by atoms with Crippen LogP contribution in [-0.2, 0) is 25.7 Å². The number of hydrogen-bond acceptors (Lipinski definition) is 5. The summed E-state index contributed by atoms with van der Waals surface area (Å²) in [5.74, 6) is -1.83. The Morgan fingerprint density at radius 2 is 1.77 bits per heavy atom. The highest BCUT2D eigenvalue weighted by Gasteiger charge is 2.16. The monoisotopic (exact) mass is 367 g/mol. The van der Waals surface area contributed by atoms with Crippen molar-refractivity contribution in [1.82, 2.24) is 10.6 Å². The van der Waals surface area contributed by atoms with Crippen LogP contribution in [0.2, 0.25) is 0 Å². The number of methoxy groups -OCH3 is 1. The predicted molar refractivity (Wildman–Crippen MR) is 94.3 cm³/mol. The molecular weight excluding hydrogens is 338 g/mol. The van der Waals surface area contributed by atoms with Gasteiger partial charge in [0.1, 0.15) is 6.61 Å². The molecule has 0 saturated heterocycles. The molecule has 8 heteroatoms. The summed E-state index contributed by atoms with van der Waals surface area (Å²) in [6, 6.07) is 8.53. The van der Waals surface area contributed by atoms with Gasteiger partial charge >= 0.3 is 0 Å². The molecule has 0 aliphatic carbocycles. The first-order valence-electron chi connectivity index (χ1n) is 8.30. The van der Waals surface area contributed by atoms with Crippen LogP contribution in [0.5, 0.6) is 0 Å². The van der Waals surface area contributed by atoms with Crippen LogP contribution in [0, 0.1) is 5.92 Å². The van der Waals surface area contributed by atoms with Gasteiger partial charge in [0.2, 0.25) is 5.91 Å². The van der Waals surface area contributed by atoms with Crippen LogP contribution >= 0.6 is 0 Å². The first-order chi connectivity index (χ1) is 12.2. The molecule has 1 aromatic rings. The van der Waals surface area contributed by atoms with Crippen molar-refractivity contribution in [2.45, 2.75) is 39.4 Å². The highest BCUT2D eigenvalue weighted by Crippen LogP contribution is 1.99. The van der Waals surface area contributed by atoms with Crippen LogP contribution in [-0.4, -0.2) is 43.6 Å². The average molecular weight is 367 g/mol. The molecule has 0 aromatic heterocycles. The zero-order valence-electron chi connectivity index (χ0n) is 15.8. The van der Waals surface area contributed by atoms with Crippen molar-refractivity contribution in [3.05, 3.63) is 35.9 Å². The van der Waals surface area contributed by atoms with E-state index >= 15 is 0 Å². The molecule has 0 spiro atoms. The van der Waals surface area contributed by atoms with Gasteiger partial charge < -0.3 is 31.0 Å². The van der Waals surface area contributed by atoms with E-state index < -0.39 is 12.0 Å². The zero-order chi connectivity index (χ0) is 20.1. The minimum absolute atomic E-state index is 0.0827. The van der Waals surface area contributed by atoms with E-state index in [1.54, 1.807) is 21.0 Å². The molecule has 5 N–H and O–H groups in total. The molecule has 146 valence electrons. The molecule has 1 aromatic carbocycles. The van der Waals surface area contributed by atoms with Gasteiger partial charge in [-0.2, -0.15) is 0 Å². The fourth-order valence-corrected chi connectivity index (χ4v) is 1.92. The van der Waals surface area contributed by atoms with E-state index in [9.17, 15) is 19.5 Å². The Balaban J connectivity index is 0.000000508. The Kier molecular flexibility index (Phi) is 11.6. The largest absolute Gasteiger partial charge is 0.548 e. The van der Waals surface area contributed by atoms with Gasteiger partial charge in [-0.25, -0.2) is 0 Å². The number of amides is 2. The van der Waals surface area contributed by atoms with Gasteiger partial charge in [-0.15, -0.1) is 0 Å². The second-order valence-electron chi connectivity index (χ2n) is 6.10. The number of carboxylic acids is 1. The summed E-state index contributed by atoms with van der Waals surface area (Å²) in [5.41, 5.74) is 4.78. The number of carbonyl (C=O) groups is 3. The third kappa shape index (κ3) is 10.4. The number of benzene rings is 1. The van der Waals surface area contributed by atoms with Crippen LogP contribution in [0.25, 0.3) is 0 Å². The molecule has 0 unspecified atom stereocenters. The topological polar surface area (TPSA) is 135 Å². The van der Waals surface area contributed by atoms with E-state index in [2.05, 4.69) is 16.4 Å². The minimum atomic E-state index is -1.24. The second-order valence-corrected chi connectivity index (χ2v) is 6.10. The Morgan fingerprint density at radius 1 is 1.19 bits per heavy atom. The summed E-state index contributed by atoms with van der Waals surface area (Å²) in [6.07, 6.45) is 0. The highest BCUT2D eigenvalue weighted by molar-refractivity contribution is 5.81. The molecule has 26 heavy (non-hydrogen) atoms. The van der Waals surface area contributed by atoms with Gasteiger partial charge in [0.05, 0.1) is 12.0 Å². The fraction of sp³-hybridized carbons (Fsp3) is 0.500. The van der Waals surface area contributed by atoms with E-state index in [4.69, 9.17) is 4.74 Å². The SMILES string of the molecule is CC(=O)N[C@@H](C(=O)[O-])C(C)C.COC[C@@H]([NH3+])C(=O)NCc1ccccc1. The van der Waals surface area contributed by atoms with Gasteiger partial charge in [0.15, 0.2) is 6.04 Å². The molecule has 0 bridgehead atoms. The van der Waals surface area contributed by atoms with Gasteiger partial charge in [0, 0.05) is 20.6 Å². The molecule has 2 atom stereocenters. The maximum absolute atomic E-state index is 11.5. The third-order valence-corrected chi connectivity index (χ3v) is 3.33. The van der Waals surface area contributed by atoms with Gasteiger partial charge in [-0.1, -0.05) is 44.2 Å². The van der Waals surface area contributed by atoms with Crippen molar-refractivity contribution in [3.63, 3.8) is 0 Å². The van der Waals surface area contributed by atoms with Crippen molar-refractivity contribution < 1.29 is 30.0 Å². The Labute approximate surface area is 154 Å². The summed E-state index contributed by atoms with van der Waals surface area (Å²) in [5, 5.41) is 15.4. The van der Waals surface area contributed by atoms with Crippen LogP contribution in [0.4, 0.5) is 0 Å². The summed E-state index contributed by atoms with van der Waals surface area (Å²) in [4.78, 5) is 32.3. The summed E-state index contributed by atoms with van der Waals surface area (Å²) < 4.78 is 4.85. The lowest BCUT2D eigenvalue weighted by molar-refractivity contribution is -0.409. The van der Waals surface area contributed by atoms with E-state index in [0.717, 1.165) is 5.56 Å². The first-order valence-corrected chi connectivity index (χ1v) is 8.30. The second kappa shape index (κ2) is 12.8. The fourth-order valence-electron chi connectivity index (χ4n) is 1.92. The van der Waals surface area contributed by atoms with Crippen molar-refractivity contribution in [1.29, 1.82) is 0 Å². The number of carboxylic acid groups (broad SMARTS) is 1. The third-order valence-electron chi connectivity index (χ3n) is 3.33. The smallest absolute Gasteiger partial charge is 0.280 e. The Bertz CT molecular complexity index is 563. The molecular formula is C18H29N3O5. The van der Waals surface area contributed by atoms with Crippen LogP contribution < -0.4 is 21.5 Å². The normalized spacial score (nSPS) is 12.4. The van der Waals surface area contributed by atoms with Crippen molar-refractivity contribution >= 4 is 17.8 Å². The molecule has 0 saturated carbocycles. The molecule has 0 heterocycles. The van der Waals surface area contributed by atoms with E-state index in [1.807, 2.05) is 30.3 Å². The lowest BCUT2D eigenvalue weighted by Gasteiger charge is -2.22. The maximum Gasteiger partial charge on any atom is 0.280 e. The lowest BCUT2D eigenvalue weighted by Crippen LogP contribution is -2.69. The Morgan fingerprint density at radius 3 is 2.15 bits per heavy atom. The van der Waals surface area contributed by atoms with Gasteiger partial charge in [0.25, 0.3) is 5.91 Å². The number of nitrogens with one attached hydrogen (secondary N) is 2. The van der Waals surface area contributed by atoms with Gasteiger partial charge in [-0.3, -0.25) is 9.59 Å². The first kappa shape index (κ1) is 23.5. The predicted octanol–water partition coefficient (Wildman–Crippen LogP) is -1.54. The number of aliphatic carboxylic acids is 1. The van der Waals surface area contributed by atoms with Gasteiger partial charge in [-0.05, 0) is 11.5 Å². The van der Waals surface area contributed by atoms with Crippen LogP contribution in [0.3, 0.4) is 0 Å². The molecule has 2 amide bonds. The Hall–Kier alpha value is -2.45. The standard InChI is InChI=1S/C11H16N2O2.C7H13NO3/c1-15-8-10(12)11(14)13-7-9-5-3-2-4-6-9;1-4(2)6(7(10)11)8-5(3)9/h2-6,10H,7-8,12H2,1H3,(H,13,14);4,6H,1-3H3,(H,8,9)(H,10,11)/t10-;6-/m11/s1. The van der Waals surface area contributed by atoms with E-state index in [1.165, 1.54) is 6.92 Å². The van der Waals surface area contributed by atoms with E-state index in [0.29, 0.717) is 13.2 Å². The number of hydrogen-bond donors (Lipinski definition) is 3. The zero-order valence-corrected chi connectivity index (χ0v) is 15.8. The number of ether oxygens (including phenoxy) is 1. The molecule has 0 aliphatic rings. The van der Waals surface area contributed by atoms with E-state index in [-0.39, 0.29) is 23.8 Å². The molecule has 1 rings (SSSR count). The number of quaternary nitrogens is 1. The maximum atomic E-state index is 11.5. The summed E-state index contributed by atoms with van der Waals surface area (Å²) >= 11 is 0. The molecule has 0 radical (unpaired) electrons. The van der Waals surface area contributed by atoms with Crippen molar-refractivity contribution in [3.8, 4) is 0 Å². The van der Waals surface area contributed by atoms with Crippen LogP contribution in [0.15, 0.2) is 30.3 Å². The number of rotatable bonds is 8. The quantitative estimate of drug-likeness (QED) is 0.511. The van der Waals surface area contributed by atoms with Crippen LogP contribution in [0.1, 0.15) is 26.3 Å². The highest BCUT2D eigenvalue weighted by atomic mass is 16.5. The minimum Gasteiger partial charge on any atom is -0.548 e. The summed E-state index contributed by atoms with van der Waals surface area (Å²) in [7, 11) is 1.56. The number of carbonyl (C=O) groups excluding carboxylic acids is 3. The van der Waals surface area contributed by atoms with Crippen molar-refractivity contribution in [2.75, 3.05) is 13.7 Å².